The Hall–Kier alpha value is -2.62. The number of methoxy groups -OCH3 is 1. The van der Waals surface area contributed by atoms with Crippen LogP contribution in [0.1, 0.15) is 36.0 Å². The number of carbonyl (C=O) groups excluding carboxylic acids is 1. The lowest BCUT2D eigenvalue weighted by Crippen LogP contribution is -2.40. The monoisotopic (exact) mass is 407 g/mol. The molecule has 0 aromatic heterocycles. The Morgan fingerprint density at radius 3 is 2.07 bits per heavy atom. The molecule has 0 saturated carbocycles. The molecule has 3 aromatic carbocycles. The lowest BCUT2D eigenvalue weighted by Gasteiger charge is -2.29. The van der Waals surface area contributed by atoms with E-state index in [0.717, 1.165) is 16.7 Å². The number of carbonyl (C=O) groups is 1. The smallest absolute Gasteiger partial charge is 0.221 e. The number of rotatable bonds is 8. The summed E-state index contributed by atoms with van der Waals surface area (Å²) in [5, 5.41) is 3.70. The zero-order valence-electron chi connectivity index (χ0n) is 16.8. The highest BCUT2D eigenvalue weighted by atomic mass is 35.5. The van der Waals surface area contributed by atoms with Crippen molar-refractivity contribution in [1.29, 1.82) is 0 Å². The minimum Gasteiger partial charge on any atom is -0.372 e. The van der Waals surface area contributed by atoms with Gasteiger partial charge in [0.05, 0.1) is 6.54 Å². The largest absolute Gasteiger partial charge is 0.372 e. The van der Waals surface area contributed by atoms with Crippen molar-refractivity contribution in [1.82, 2.24) is 5.32 Å². The van der Waals surface area contributed by atoms with Crippen LogP contribution in [-0.4, -0.2) is 19.6 Å². The van der Waals surface area contributed by atoms with Crippen LogP contribution in [0.3, 0.4) is 0 Å². The van der Waals surface area contributed by atoms with Gasteiger partial charge in [0.1, 0.15) is 5.60 Å². The van der Waals surface area contributed by atoms with Crippen molar-refractivity contribution in [3.05, 3.63) is 107 Å². The van der Waals surface area contributed by atoms with Gasteiger partial charge < -0.3 is 10.1 Å². The molecule has 0 heterocycles. The first-order valence-corrected chi connectivity index (χ1v) is 10.1. The van der Waals surface area contributed by atoms with E-state index >= 15 is 0 Å². The van der Waals surface area contributed by atoms with E-state index in [0.29, 0.717) is 18.0 Å². The fourth-order valence-electron chi connectivity index (χ4n) is 3.43. The molecule has 1 unspecified atom stereocenters. The van der Waals surface area contributed by atoms with Crippen molar-refractivity contribution in [3.8, 4) is 0 Å². The van der Waals surface area contributed by atoms with E-state index in [1.807, 2.05) is 67.6 Å². The second kappa shape index (κ2) is 9.73. The summed E-state index contributed by atoms with van der Waals surface area (Å²) in [6.45, 7) is 2.31. The van der Waals surface area contributed by atoms with Crippen molar-refractivity contribution in [2.24, 2.45) is 0 Å². The average Bonchev–Trinajstić information content (AvgIpc) is 2.77. The maximum absolute atomic E-state index is 12.9. The second-order valence-corrected chi connectivity index (χ2v) is 7.74. The van der Waals surface area contributed by atoms with Crippen LogP contribution in [0, 0.1) is 0 Å². The molecule has 0 saturated heterocycles. The summed E-state index contributed by atoms with van der Waals surface area (Å²) in [6.07, 6.45) is 0.364. The summed E-state index contributed by atoms with van der Waals surface area (Å²) in [5.74, 6) is -0.0228. The maximum atomic E-state index is 12.9. The van der Waals surface area contributed by atoms with Gasteiger partial charge in [0, 0.05) is 24.5 Å². The highest BCUT2D eigenvalue weighted by molar-refractivity contribution is 6.30. The zero-order valence-corrected chi connectivity index (χ0v) is 17.5. The third-order valence-corrected chi connectivity index (χ3v) is 5.54. The van der Waals surface area contributed by atoms with Crippen LogP contribution in [0.2, 0.25) is 5.02 Å². The minimum atomic E-state index is -0.657. The van der Waals surface area contributed by atoms with E-state index in [-0.39, 0.29) is 11.8 Å². The first-order chi connectivity index (χ1) is 14.0. The molecule has 150 valence electrons. The molecule has 3 rings (SSSR count). The van der Waals surface area contributed by atoms with Gasteiger partial charge in [-0.3, -0.25) is 4.79 Å². The van der Waals surface area contributed by atoms with Crippen LogP contribution in [0.25, 0.3) is 0 Å². The standard InChI is InChI=1S/C25H26ClNO2/c1-25(29-2,21-14-9-15-22(26)16-21)18-27-24(28)17-23(19-10-5-3-6-11-19)20-12-7-4-8-13-20/h3-16,23H,17-18H2,1-2H3,(H,27,28). The van der Waals surface area contributed by atoms with Gasteiger partial charge in [-0.25, -0.2) is 0 Å². The van der Waals surface area contributed by atoms with Crippen LogP contribution in [0.5, 0.6) is 0 Å². The van der Waals surface area contributed by atoms with Gasteiger partial charge in [0.15, 0.2) is 0 Å². The molecule has 0 aliphatic heterocycles. The van der Waals surface area contributed by atoms with Crippen LogP contribution >= 0.6 is 11.6 Å². The Morgan fingerprint density at radius 2 is 1.55 bits per heavy atom. The fraction of sp³-hybridized carbons (Fsp3) is 0.240. The summed E-state index contributed by atoms with van der Waals surface area (Å²) in [6, 6.07) is 27.8. The minimum absolute atomic E-state index is 0.00243. The van der Waals surface area contributed by atoms with Gasteiger partial charge in [0.2, 0.25) is 5.91 Å². The molecule has 1 amide bonds. The molecule has 4 heteroatoms. The predicted octanol–water partition coefficient (Wildman–Crippen LogP) is 5.54. The average molecular weight is 408 g/mol. The molecular weight excluding hydrogens is 382 g/mol. The van der Waals surface area contributed by atoms with Gasteiger partial charge >= 0.3 is 0 Å². The molecule has 29 heavy (non-hydrogen) atoms. The third-order valence-electron chi connectivity index (χ3n) is 5.30. The molecule has 0 aliphatic carbocycles. The van der Waals surface area contributed by atoms with Crippen LogP contribution in [0.4, 0.5) is 0 Å². The third kappa shape index (κ3) is 5.47. The Balaban J connectivity index is 1.73. The van der Waals surface area contributed by atoms with Crippen molar-refractivity contribution < 1.29 is 9.53 Å². The fourth-order valence-corrected chi connectivity index (χ4v) is 3.62. The Kier molecular flexibility index (Phi) is 7.08. The molecule has 3 nitrogen and oxygen atoms in total. The van der Waals surface area contributed by atoms with Gasteiger partial charge in [-0.2, -0.15) is 0 Å². The van der Waals surface area contributed by atoms with Crippen LogP contribution < -0.4 is 5.32 Å². The van der Waals surface area contributed by atoms with Crippen molar-refractivity contribution in [2.75, 3.05) is 13.7 Å². The SMILES string of the molecule is COC(C)(CNC(=O)CC(c1ccccc1)c1ccccc1)c1cccc(Cl)c1. The van der Waals surface area contributed by atoms with Gasteiger partial charge in [-0.1, -0.05) is 84.4 Å². The van der Waals surface area contributed by atoms with Crippen LogP contribution in [-0.2, 0) is 15.1 Å². The van der Waals surface area contributed by atoms with Gasteiger partial charge in [0.25, 0.3) is 0 Å². The Morgan fingerprint density at radius 1 is 0.966 bits per heavy atom. The topological polar surface area (TPSA) is 38.3 Å². The normalized spacial score (nSPS) is 13.1. The molecule has 1 atom stereocenters. The van der Waals surface area contributed by atoms with E-state index < -0.39 is 5.60 Å². The maximum Gasteiger partial charge on any atom is 0.221 e. The predicted molar refractivity (Wildman–Crippen MR) is 118 cm³/mol. The van der Waals surface area contributed by atoms with Crippen LogP contribution in [0.15, 0.2) is 84.9 Å². The second-order valence-electron chi connectivity index (χ2n) is 7.30. The van der Waals surface area contributed by atoms with Gasteiger partial charge in [-0.05, 0) is 35.7 Å². The Labute approximate surface area is 177 Å². The number of ether oxygens (including phenoxy) is 1. The zero-order chi connectivity index (χ0) is 20.7. The number of hydrogen-bond donors (Lipinski definition) is 1. The lowest BCUT2D eigenvalue weighted by atomic mass is 9.88. The van der Waals surface area contributed by atoms with E-state index in [1.165, 1.54) is 0 Å². The highest BCUT2D eigenvalue weighted by Gasteiger charge is 2.28. The number of halogens is 1. The molecule has 0 aliphatic rings. The number of amides is 1. The van der Waals surface area contributed by atoms with E-state index in [2.05, 4.69) is 29.6 Å². The van der Waals surface area contributed by atoms with Crippen molar-refractivity contribution in [2.45, 2.75) is 24.9 Å². The molecule has 0 radical (unpaired) electrons. The summed E-state index contributed by atoms with van der Waals surface area (Å²) in [7, 11) is 1.64. The Bertz CT molecular complexity index is 890. The summed E-state index contributed by atoms with van der Waals surface area (Å²) in [4.78, 5) is 12.9. The van der Waals surface area contributed by atoms with Gasteiger partial charge in [-0.15, -0.1) is 0 Å². The molecule has 1 N–H and O–H groups in total. The van der Waals surface area contributed by atoms with Crippen molar-refractivity contribution >= 4 is 17.5 Å². The first kappa shape index (κ1) is 21.1. The quantitative estimate of drug-likeness (QED) is 0.532. The lowest BCUT2D eigenvalue weighted by molar-refractivity contribution is -0.122. The molecule has 3 aromatic rings. The summed E-state index contributed by atoms with van der Waals surface area (Å²) in [5.41, 5.74) is 2.52. The number of hydrogen-bond acceptors (Lipinski definition) is 2. The summed E-state index contributed by atoms with van der Waals surface area (Å²) >= 11 is 6.13. The molecular formula is C25H26ClNO2. The number of nitrogens with one attached hydrogen (secondary N) is 1. The first-order valence-electron chi connectivity index (χ1n) is 9.69. The molecule has 0 fully saturated rings. The van der Waals surface area contributed by atoms with E-state index in [9.17, 15) is 4.79 Å². The molecule has 0 spiro atoms. The highest BCUT2D eigenvalue weighted by Crippen LogP contribution is 2.29. The van der Waals surface area contributed by atoms with E-state index in [1.54, 1.807) is 7.11 Å². The summed E-state index contributed by atoms with van der Waals surface area (Å²) < 4.78 is 5.73. The van der Waals surface area contributed by atoms with E-state index in [4.69, 9.17) is 16.3 Å². The number of benzene rings is 3. The molecule has 0 bridgehead atoms. The van der Waals surface area contributed by atoms with Crippen molar-refractivity contribution in [3.63, 3.8) is 0 Å².